The number of carbonyl (C=O) groups is 2. The number of nitrogens with zero attached hydrogens (tertiary/aromatic N) is 1. The van der Waals surface area contributed by atoms with Gasteiger partial charge in [0, 0.05) is 6.54 Å². The van der Waals surface area contributed by atoms with Crippen molar-refractivity contribution in [2.24, 2.45) is 5.41 Å². The van der Waals surface area contributed by atoms with Gasteiger partial charge in [-0.25, -0.2) is 4.79 Å². The van der Waals surface area contributed by atoms with Gasteiger partial charge in [-0.3, -0.25) is 9.69 Å². The number of nitrogens with one attached hydrogen (secondary N) is 1. The first-order chi connectivity index (χ1) is 9.29. The summed E-state index contributed by atoms with van der Waals surface area (Å²) in [5, 5.41) is 2.78. The molecule has 0 bridgehead atoms. The van der Waals surface area contributed by atoms with Crippen LogP contribution in [0, 0.1) is 12.3 Å². The van der Waals surface area contributed by atoms with Gasteiger partial charge in [0.25, 0.3) is 5.91 Å². The monoisotopic (exact) mass is 274 g/mol. The van der Waals surface area contributed by atoms with Crippen LogP contribution in [0.2, 0.25) is 0 Å². The number of carbonyl (C=O) groups excluding carboxylic acids is 2. The molecule has 3 amide bonds. The first-order valence-electron chi connectivity index (χ1n) is 6.96. The van der Waals surface area contributed by atoms with Crippen LogP contribution in [0.5, 0.6) is 0 Å². The van der Waals surface area contributed by atoms with E-state index in [-0.39, 0.29) is 17.4 Å². The highest BCUT2D eigenvalue weighted by Crippen LogP contribution is 2.25. The Balaban J connectivity index is 2.01. The molecule has 4 nitrogen and oxygen atoms in total. The minimum Gasteiger partial charge on any atom is -0.325 e. The van der Waals surface area contributed by atoms with Crippen LogP contribution in [0.1, 0.15) is 31.9 Å². The first-order valence-corrected chi connectivity index (χ1v) is 6.96. The summed E-state index contributed by atoms with van der Waals surface area (Å²) in [5.41, 5.74) is 2.08. The van der Waals surface area contributed by atoms with Crippen LogP contribution in [0.3, 0.4) is 0 Å². The van der Waals surface area contributed by atoms with Crippen LogP contribution in [0.15, 0.2) is 24.3 Å². The van der Waals surface area contributed by atoms with E-state index >= 15 is 0 Å². The standard InChI is InChI=1S/C16H22N2O2/c1-11-5-7-12(8-6-11)9-10-18-14(19)13(16(2,3)4)17-15(18)20/h5-8,13H,9-10H2,1-4H3,(H,17,20)/t13-/m0/s1. The predicted molar refractivity (Wildman–Crippen MR) is 78.4 cm³/mol. The Hall–Kier alpha value is -1.84. The van der Waals surface area contributed by atoms with Gasteiger partial charge < -0.3 is 5.32 Å². The molecule has 108 valence electrons. The molecule has 1 heterocycles. The lowest BCUT2D eigenvalue weighted by atomic mass is 9.87. The number of amides is 3. The quantitative estimate of drug-likeness (QED) is 0.861. The fraction of sp³-hybridized carbons (Fsp3) is 0.500. The number of imide groups is 1. The molecular formula is C16H22N2O2. The third-order valence-electron chi connectivity index (χ3n) is 3.64. The Morgan fingerprint density at radius 2 is 1.75 bits per heavy atom. The summed E-state index contributed by atoms with van der Waals surface area (Å²) in [6, 6.07) is 7.46. The average molecular weight is 274 g/mol. The zero-order valence-electron chi connectivity index (χ0n) is 12.6. The van der Waals surface area contributed by atoms with Crippen molar-refractivity contribution >= 4 is 11.9 Å². The predicted octanol–water partition coefficient (Wildman–Crippen LogP) is 2.50. The molecule has 0 radical (unpaired) electrons. The van der Waals surface area contributed by atoms with Gasteiger partial charge in [-0.05, 0) is 24.3 Å². The molecule has 2 rings (SSSR count). The number of hydrogen-bond donors (Lipinski definition) is 1. The van der Waals surface area contributed by atoms with E-state index < -0.39 is 6.04 Å². The summed E-state index contributed by atoms with van der Waals surface area (Å²) < 4.78 is 0. The molecule has 1 aliphatic heterocycles. The number of rotatable bonds is 3. The second kappa shape index (κ2) is 5.27. The van der Waals surface area contributed by atoms with E-state index in [9.17, 15) is 9.59 Å². The highest BCUT2D eigenvalue weighted by Gasteiger charge is 2.43. The maximum absolute atomic E-state index is 12.3. The van der Waals surface area contributed by atoms with Crippen LogP contribution in [-0.4, -0.2) is 29.4 Å². The zero-order chi connectivity index (χ0) is 14.9. The minimum absolute atomic E-state index is 0.116. The number of benzene rings is 1. The van der Waals surface area contributed by atoms with Crippen LogP contribution < -0.4 is 5.32 Å². The van der Waals surface area contributed by atoms with E-state index in [0.29, 0.717) is 13.0 Å². The normalized spacial score (nSPS) is 19.4. The van der Waals surface area contributed by atoms with Gasteiger partial charge in [0.05, 0.1) is 0 Å². The highest BCUT2D eigenvalue weighted by molar-refractivity contribution is 6.04. The third kappa shape index (κ3) is 3.00. The Kier molecular flexibility index (Phi) is 3.84. The molecule has 1 aromatic carbocycles. The maximum Gasteiger partial charge on any atom is 0.324 e. The molecule has 20 heavy (non-hydrogen) atoms. The smallest absolute Gasteiger partial charge is 0.324 e. The van der Waals surface area contributed by atoms with E-state index in [1.807, 2.05) is 52.0 Å². The SMILES string of the molecule is Cc1ccc(CCN2C(=O)N[C@H](C(C)(C)C)C2=O)cc1. The van der Waals surface area contributed by atoms with Crippen molar-refractivity contribution in [2.45, 2.75) is 40.2 Å². The van der Waals surface area contributed by atoms with Crippen LogP contribution in [0.4, 0.5) is 4.79 Å². The molecule has 0 unspecified atom stereocenters. The molecule has 0 saturated carbocycles. The molecule has 0 aliphatic carbocycles. The third-order valence-corrected chi connectivity index (χ3v) is 3.64. The summed E-state index contributed by atoms with van der Waals surface area (Å²) in [6.07, 6.45) is 0.691. The molecule has 1 aliphatic rings. The summed E-state index contributed by atoms with van der Waals surface area (Å²) in [4.78, 5) is 25.5. The molecule has 1 fully saturated rings. The molecule has 1 saturated heterocycles. The van der Waals surface area contributed by atoms with E-state index in [1.165, 1.54) is 10.5 Å². The van der Waals surface area contributed by atoms with E-state index in [2.05, 4.69) is 5.32 Å². The van der Waals surface area contributed by atoms with Crippen LogP contribution in [-0.2, 0) is 11.2 Å². The van der Waals surface area contributed by atoms with Gasteiger partial charge in [0.15, 0.2) is 0 Å². The van der Waals surface area contributed by atoms with Gasteiger partial charge in [-0.2, -0.15) is 0 Å². The maximum atomic E-state index is 12.3. The Labute approximate surface area is 120 Å². The zero-order valence-corrected chi connectivity index (χ0v) is 12.6. The largest absolute Gasteiger partial charge is 0.325 e. The van der Waals surface area contributed by atoms with E-state index in [4.69, 9.17) is 0 Å². The molecule has 0 spiro atoms. The first kappa shape index (κ1) is 14.6. The summed E-state index contributed by atoms with van der Waals surface area (Å²) in [5.74, 6) is -0.116. The van der Waals surface area contributed by atoms with Crippen molar-refractivity contribution in [3.8, 4) is 0 Å². The Morgan fingerprint density at radius 3 is 2.25 bits per heavy atom. The van der Waals surface area contributed by atoms with Crippen molar-refractivity contribution in [3.63, 3.8) is 0 Å². The Morgan fingerprint density at radius 1 is 1.15 bits per heavy atom. The van der Waals surface area contributed by atoms with Crippen molar-refractivity contribution in [1.29, 1.82) is 0 Å². The molecule has 1 N–H and O–H groups in total. The fourth-order valence-corrected chi connectivity index (χ4v) is 2.31. The number of hydrogen-bond acceptors (Lipinski definition) is 2. The van der Waals surface area contributed by atoms with Gasteiger partial charge in [-0.15, -0.1) is 0 Å². The lowest BCUT2D eigenvalue weighted by molar-refractivity contribution is -0.129. The second-order valence-corrected chi connectivity index (χ2v) is 6.47. The van der Waals surface area contributed by atoms with Crippen molar-refractivity contribution < 1.29 is 9.59 Å². The molecule has 1 atom stereocenters. The summed E-state index contributed by atoms with van der Waals surface area (Å²) in [7, 11) is 0. The topological polar surface area (TPSA) is 49.4 Å². The lowest BCUT2D eigenvalue weighted by Crippen LogP contribution is -2.41. The van der Waals surface area contributed by atoms with Gasteiger partial charge in [-0.1, -0.05) is 50.6 Å². The molecule has 0 aromatic heterocycles. The minimum atomic E-state index is -0.423. The van der Waals surface area contributed by atoms with Crippen molar-refractivity contribution in [1.82, 2.24) is 10.2 Å². The van der Waals surface area contributed by atoms with Gasteiger partial charge in [0.1, 0.15) is 6.04 Å². The highest BCUT2D eigenvalue weighted by atomic mass is 16.2. The molecule has 4 heteroatoms. The number of aryl methyl sites for hydroxylation is 1. The molecular weight excluding hydrogens is 252 g/mol. The average Bonchev–Trinajstić information content (AvgIpc) is 2.64. The number of urea groups is 1. The Bertz CT molecular complexity index is 514. The fourth-order valence-electron chi connectivity index (χ4n) is 2.31. The van der Waals surface area contributed by atoms with E-state index in [1.54, 1.807) is 0 Å². The summed E-state index contributed by atoms with van der Waals surface area (Å²) >= 11 is 0. The second-order valence-electron chi connectivity index (χ2n) is 6.47. The van der Waals surface area contributed by atoms with Crippen LogP contribution in [0.25, 0.3) is 0 Å². The van der Waals surface area contributed by atoms with Gasteiger partial charge in [0.2, 0.25) is 0 Å². The summed E-state index contributed by atoms with van der Waals surface area (Å²) in [6.45, 7) is 8.34. The lowest BCUT2D eigenvalue weighted by Gasteiger charge is -2.24. The van der Waals surface area contributed by atoms with Crippen LogP contribution >= 0.6 is 0 Å². The molecule has 1 aromatic rings. The van der Waals surface area contributed by atoms with Gasteiger partial charge >= 0.3 is 6.03 Å². The van der Waals surface area contributed by atoms with E-state index in [0.717, 1.165) is 5.56 Å². The van der Waals surface area contributed by atoms with Crippen molar-refractivity contribution in [2.75, 3.05) is 6.54 Å². The van der Waals surface area contributed by atoms with Crippen molar-refractivity contribution in [3.05, 3.63) is 35.4 Å².